The van der Waals surface area contributed by atoms with Crippen LogP contribution in [0.2, 0.25) is 5.02 Å². The number of carbonyl (C=O) groups excluding carboxylic acids is 2. The number of hydrogen-bond acceptors (Lipinski definition) is 5. The molecule has 166 valence electrons. The van der Waals surface area contributed by atoms with E-state index in [-0.39, 0.29) is 30.3 Å². The predicted molar refractivity (Wildman–Crippen MR) is 129 cm³/mol. The Morgan fingerprint density at radius 3 is 2.55 bits per heavy atom. The van der Waals surface area contributed by atoms with Gasteiger partial charge in [0.2, 0.25) is 5.91 Å². The number of nitrogens with zero attached hydrogens (tertiary/aromatic N) is 2. The summed E-state index contributed by atoms with van der Waals surface area (Å²) in [5.41, 5.74) is 1.56. The molecule has 0 aliphatic heterocycles. The molecular weight excluding hydrogens is 440 g/mol. The maximum atomic E-state index is 12.9. The molecule has 8 heteroatoms. The highest BCUT2D eigenvalue weighted by Crippen LogP contribution is 2.24. The van der Waals surface area contributed by atoms with Crippen molar-refractivity contribution in [3.05, 3.63) is 105 Å². The number of rotatable bonds is 7. The van der Waals surface area contributed by atoms with Gasteiger partial charge in [-0.1, -0.05) is 54.1 Å². The third-order valence-corrected chi connectivity index (χ3v) is 5.27. The summed E-state index contributed by atoms with van der Waals surface area (Å²) < 4.78 is 0. The number of anilines is 1. The Labute approximate surface area is 195 Å². The minimum Gasteiger partial charge on any atom is -0.324 e. The Balaban J connectivity index is 1.47. The number of fused-ring (bicyclic) bond motifs is 1. The lowest BCUT2D eigenvalue weighted by atomic mass is 10.0. The van der Waals surface area contributed by atoms with Crippen LogP contribution in [0, 0.1) is 0 Å². The summed E-state index contributed by atoms with van der Waals surface area (Å²) in [6.07, 6.45) is 0. The summed E-state index contributed by atoms with van der Waals surface area (Å²) in [7, 11) is 1.74. The van der Waals surface area contributed by atoms with Gasteiger partial charge in [0.25, 0.3) is 5.56 Å². The summed E-state index contributed by atoms with van der Waals surface area (Å²) in [6, 6.07) is 20.6. The molecule has 0 aliphatic rings. The molecule has 4 rings (SSSR count). The number of likely N-dealkylation sites (N-methyl/N-ethyl adjacent to an activating group) is 1. The molecule has 1 amide bonds. The SMILES string of the molecule is CN(CC(=O)Nc1ccc(Cl)cc1C(=O)c1ccccc1)Cc1nc2ccccc2c(=O)[nH]1. The van der Waals surface area contributed by atoms with E-state index >= 15 is 0 Å². The number of ketones is 1. The Morgan fingerprint density at radius 1 is 1.03 bits per heavy atom. The lowest BCUT2D eigenvalue weighted by Crippen LogP contribution is -2.31. The lowest BCUT2D eigenvalue weighted by molar-refractivity contribution is -0.117. The van der Waals surface area contributed by atoms with Gasteiger partial charge in [-0.3, -0.25) is 19.3 Å². The molecule has 1 aromatic heterocycles. The Kier molecular flexibility index (Phi) is 6.63. The van der Waals surface area contributed by atoms with E-state index in [4.69, 9.17) is 11.6 Å². The highest BCUT2D eigenvalue weighted by atomic mass is 35.5. The number of aromatic nitrogens is 2. The van der Waals surface area contributed by atoms with Crippen LogP contribution in [0.4, 0.5) is 5.69 Å². The summed E-state index contributed by atoms with van der Waals surface area (Å²) >= 11 is 6.10. The van der Waals surface area contributed by atoms with Gasteiger partial charge in [0.15, 0.2) is 5.78 Å². The van der Waals surface area contributed by atoms with Gasteiger partial charge in [0.05, 0.1) is 29.7 Å². The number of benzene rings is 3. The van der Waals surface area contributed by atoms with Crippen LogP contribution in [0.15, 0.2) is 77.6 Å². The van der Waals surface area contributed by atoms with Crippen LogP contribution in [0.1, 0.15) is 21.7 Å². The number of aromatic amines is 1. The van der Waals surface area contributed by atoms with Gasteiger partial charge in [0, 0.05) is 16.1 Å². The van der Waals surface area contributed by atoms with Crippen molar-refractivity contribution < 1.29 is 9.59 Å². The molecule has 1 heterocycles. The Hall–Kier alpha value is -3.81. The van der Waals surface area contributed by atoms with Crippen LogP contribution in [0.5, 0.6) is 0 Å². The van der Waals surface area contributed by atoms with Gasteiger partial charge in [-0.25, -0.2) is 4.98 Å². The molecule has 4 aromatic rings. The third-order valence-electron chi connectivity index (χ3n) is 5.03. The van der Waals surface area contributed by atoms with Crippen molar-refractivity contribution in [3.8, 4) is 0 Å². The first-order valence-electron chi connectivity index (χ1n) is 10.3. The van der Waals surface area contributed by atoms with E-state index in [1.54, 1.807) is 72.6 Å². The average Bonchev–Trinajstić information content (AvgIpc) is 2.80. The van der Waals surface area contributed by atoms with Crippen LogP contribution in [0.3, 0.4) is 0 Å². The first-order valence-corrected chi connectivity index (χ1v) is 10.6. The minimum absolute atomic E-state index is 0.0259. The molecule has 7 nitrogen and oxygen atoms in total. The Bertz CT molecular complexity index is 1390. The molecule has 0 saturated carbocycles. The highest BCUT2D eigenvalue weighted by molar-refractivity contribution is 6.31. The summed E-state index contributed by atoms with van der Waals surface area (Å²) in [4.78, 5) is 46.8. The molecule has 0 spiro atoms. The first kappa shape index (κ1) is 22.4. The molecule has 3 aromatic carbocycles. The van der Waals surface area contributed by atoms with Crippen LogP contribution in [-0.4, -0.2) is 40.2 Å². The number of hydrogen-bond donors (Lipinski definition) is 2. The van der Waals surface area contributed by atoms with Crippen molar-refractivity contribution in [3.63, 3.8) is 0 Å². The monoisotopic (exact) mass is 460 g/mol. The molecule has 0 aliphatic carbocycles. The second-order valence-corrected chi connectivity index (χ2v) is 8.07. The Morgan fingerprint density at radius 2 is 1.76 bits per heavy atom. The van der Waals surface area contributed by atoms with Crippen molar-refractivity contribution in [2.45, 2.75) is 6.54 Å². The fourth-order valence-electron chi connectivity index (χ4n) is 3.51. The molecule has 0 bridgehead atoms. The minimum atomic E-state index is -0.315. The molecule has 33 heavy (non-hydrogen) atoms. The maximum Gasteiger partial charge on any atom is 0.258 e. The van der Waals surface area contributed by atoms with Crippen molar-refractivity contribution in [1.82, 2.24) is 14.9 Å². The van der Waals surface area contributed by atoms with Crippen LogP contribution >= 0.6 is 11.6 Å². The maximum absolute atomic E-state index is 12.9. The summed E-state index contributed by atoms with van der Waals surface area (Å²) in [5.74, 6) is -0.0924. The van der Waals surface area contributed by atoms with Gasteiger partial charge in [-0.15, -0.1) is 0 Å². The third kappa shape index (κ3) is 5.34. The summed E-state index contributed by atoms with van der Waals surface area (Å²) in [5, 5.41) is 3.71. The number of para-hydroxylation sites is 1. The fourth-order valence-corrected chi connectivity index (χ4v) is 3.69. The van der Waals surface area contributed by atoms with E-state index < -0.39 is 0 Å². The van der Waals surface area contributed by atoms with Crippen molar-refractivity contribution in [2.75, 3.05) is 18.9 Å². The lowest BCUT2D eigenvalue weighted by Gasteiger charge is -2.17. The van der Waals surface area contributed by atoms with Crippen molar-refractivity contribution >= 4 is 39.9 Å². The van der Waals surface area contributed by atoms with Gasteiger partial charge in [-0.2, -0.15) is 0 Å². The first-order chi connectivity index (χ1) is 15.9. The van der Waals surface area contributed by atoms with E-state index in [9.17, 15) is 14.4 Å². The normalized spacial score (nSPS) is 11.0. The van der Waals surface area contributed by atoms with Crippen molar-refractivity contribution in [2.24, 2.45) is 0 Å². The zero-order valence-electron chi connectivity index (χ0n) is 17.8. The zero-order chi connectivity index (χ0) is 23.4. The van der Waals surface area contributed by atoms with Gasteiger partial charge in [0.1, 0.15) is 5.82 Å². The fraction of sp³-hybridized carbons (Fsp3) is 0.120. The standard InChI is InChI=1S/C25H21ClN4O3/c1-30(14-22-27-20-10-6-5-9-18(20)25(33)29-22)15-23(31)28-21-12-11-17(26)13-19(21)24(32)16-7-3-2-4-8-16/h2-13H,14-15H2,1H3,(H,28,31)(H,27,29,33). The molecule has 0 unspecified atom stereocenters. The second-order valence-electron chi connectivity index (χ2n) is 7.64. The van der Waals surface area contributed by atoms with E-state index in [0.717, 1.165) is 0 Å². The molecule has 0 saturated heterocycles. The summed E-state index contributed by atoms with van der Waals surface area (Å²) in [6.45, 7) is 0.294. The molecule has 0 radical (unpaired) electrons. The van der Waals surface area contributed by atoms with Crippen LogP contribution < -0.4 is 10.9 Å². The predicted octanol–water partition coefficient (Wildman–Crippen LogP) is 3.88. The largest absolute Gasteiger partial charge is 0.324 e. The van der Waals surface area contributed by atoms with Crippen molar-refractivity contribution in [1.29, 1.82) is 0 Å². The second kappa shape index (κ2) is 9.77. The average molecular weight is 461 g/mol. The number of amides is 1. The van der Waals surface area contributed by atoms with Gasteiger partial charge in [-0.05, 0) is 37.4 Å². The molecule has 0 fully saturated rings. The van der Waals surface area contributed by atoms with E-state index in [0.29, 0.717) is 38.6 Å². The molecular formula is C25H21ClN4O3. The van der Waals surface area contributed by atoms with Gasteiger partial charge >= 0.3 is 0 Å². The van der Waals surface area contributed by atoms with Crippen LogP contribution in [0.25, 0.3) is 10.9 Å². The topological polar surface area (TPSA) is 95.2 Å². The molecule has 2 N–H and O–H groups in total. The number of nitrogens with one attached hydrogen (secondary N) is 2. The zero-order valence-corrected chi connectivity index (χ0v) is 18.6. The number of H-pyrrole nitrogens is 1. The van der Waals surface area contributed by atoms with Crippen LogP contribution in [-0.2, 0) is 11.3 Å². The van der Waals surface area contributed by atoms with E-state index in [1.807, 2.05) is 12.1 Å². The number of carbonyl (C=O) groups is 2. The molecule has 0 atom stereocenters. The number of halogens is 1. The highest BCUT2D eigenvalue weighted by Gasteiger charge is 2.17. The smallest absolute Gasteiger partial charge is 0.258 e. The van der Waals surface area contributed by atoms with Gasteiger partial charge < -0.3 is 10.3 Å². The van der Waals surface area contributed by atoms with E-state index in [2.05, 4.69) is 15.3 Å². The van der Waals surface area contributed by atoms with E-state index in [1.165, 1.54) is 0 Å². The quantitative estimate of drug-likeness (QED) is 0.408.